The molecule has 5 heteroatoms. The van der Waals surface area contributed by atoms with Crippen LogP contribution < -0.4 is 5.73 Å². The lowest BCUT2D eigenvalue weighted by atomic mass is 9.64. The van der Waals surface area contributed by atoms with Crippen molar-refractivity contribution in [3.63, 3.8) is 0 Å². The Hall–Kier alpha value is -0.970. The second-order valence-corrected chi connectivity index (χ2v) is 4.08. The van der Waals surface area contributed by atoms with Gasteiger partial charge in [0.05, 0.1) is 6.33 Å². The molecule has 0 bridgehead atoms. The molecule has 1 aromatic rings. The van der Waals surface area contributed by atoms with E-state index < -0.39 is 11.3 Å². The molecule has 3 nitrogen and oxygen atoms in total. The van der Waals surface area contributed by atoms with Crippen LogP contribution in [0.25, 0.3) is 0 Å². The van der Waals surface area contributed by atoms with Gasteiger partial charge in [-0.05, 0) is 0 Å². The zero-order valence-corrected chi connectivity index (χ0v) is 8.00. The number of nitrogens with zero attached hydrogens (tertiary/aromatic N) is 2. The second kappa shape index (κ2) is 2.76. The minimum atomic E-state index is -2.55. The number of alkyl halides is 2. The van der Waals surface area contributed by atoms with E-state index in [0.717, 1.165) is 5.69 Å². The average molecular weight is 201 g/mol. The van der Waals surface area contributed by atoms with Gasteiger partial charge in [0.2, 0.25) is 5.92 Å². The summed E-state index contributed by atoms with van der Waals surface area (Å²) in [4.78, 5) is 3.93. The van der Waals surface area contributed by atoms with Crippen molar-refractivity contribution in [2.45, 2.75) is 24.2 Å². The highest BCUT2D eigenvalue weighted by molar-refractivity contribution is 5.23. The van der Waals surface area contributed by atoms with E-state index >= 15 is 0 Å². The maximum absolute atomic E-state index is 12.9. The van der Waals surface area contributed by atoms with Gasteiger partial charge in [-0.15, -0.1) is 0 Å². The Morgan fingerprint density at radius 1 is 1.57 bits per heavy atom. The smallest absolute Gasteiger partial charge is 0.250 e. The number of hydrogen-bond acceptors (Lipinski definition) is 2. The van der Waals surface area contributed by atoms with E-state index in [-0.39, 0.29) is 19.4 Å². The first-order valence-corrected chi connectivity index (χ1v) is 4.54. The fourth-order valence-corrected chi connectivity index (χ4v) is 2.24. The maximum atomic E-state index is 12.9. The first-order chi connectivity index (χ1) is 6.49. The van der Waals surface area contributed by atoms with E-state index in [9.17, 15) is 8.78 Å². The summed E-state index contributed by atoms with van der Waals surface area (Å²) in [6.45, 7) is 0.252. The number of aromatic nitrogens is 2. The molecule has 0 amide bonds. The van der Waals surface area contributed by atoms with Crippen LogP contribution in [0.5, 0.6) is 0 Å². The standard InChI is InChI=1S/C9H13F2N3/c1-14-6-13-2-7(14)8(5-12)3-9(10,11)4-8/h2,6H,3-5,12H2,1H3. The molecule has 0 saturated heterocycles. The van der Waals surface area contributed by atoms with E-state index in [1.54, 1.807) is 24.1 Å². The predicted octanol–water partition coefficient (Wildman–Crippen LogP) is 1.05. The lowest BCUT2D eigenvalue weighted by Crippen LogP contribution is -2.54. The largest absolute Gasteiger partial charge is 0.337 e. The molecule has 0 unspecified atom stereocenters. The third kappa shape index (κ3) is 1.23. The van der Waals surface area contributed by atoms with Crippen LogP contribution in [-0.2, 0) is 12.5 Å². The van der Waals surface area contributed by atoms with Crippen LogP contribution in [0.1, 0.15) is 18.5 Å². The SMILES string of the molecule is Cn1cncc1C1(CN)CC(F)(F)C1. The lowest BCUT2D eigenvalue weighted by Gasteiger charge is -2.46. The Balaban J connectivity index is 2.29. The van der Waals surface area contributed by atoms with E-state index in [1.807, 2.05) is 0 Å². The Labute approximate surface area is 80.9 Å². The van der Waals surface area contributed by atoms with Crippen molar-refractivity contribution in [2.24, 2.45) is 12.8 Å². The molecule has 0 aliphatic heterocycles. The van der Waals surface area contributed by atoms with Gasteiger partial charge >= 0.3 is 0 Å². The molecule has 0 atom stereocenters. The van der Waals surface area contributed by atoms with Crippen molar-refractivity contribution in [1.29, 1.82) is 0 Å². The molecule has 78 valence electrons. The molecular weight excluding hydrogens is 188 g/mol. The Bertz CT molecular complexity index is 338. The molecule has 1 aliphatic carbocycles. The summed E-state index contributed by atoms with van der Waals surface area (Å²) in [5.41, 5.74) is 5.83. The summed E-state index contributed by atoms with van der Waals surface area (Å²) in [6, 6.07) is 0. The van der Waals surface area contributed by atoms with Crippen LogP contribution in [0, 0.1) is 0 Å². The molecule has 0 radical (unpaired) electrons. The summed E-state index contributed by atoms with van der Waals surface area (Å²) < 4.78 is 27.5. The monoisotopic (exact) mass is 201 g/mol. The Morgan fingerprint density at radius 3 is 2.57 bits per heavy atom. The fraction of sp³-hybridized carbons (Fsp3) is 0.667. The molecule has 14 heavy (non-hydrogen) atoms. The van der Waals surface area contributed by atoms with Gasteiger partial charge < -0.3 is 10.3 Å². The summed E-state index contributed by atoms with van der Waals surface area (Å²) in [7, 11) is 1.80. The number of halogens is 2. The molecule has 2 N–H and O–H groups in total. The van der Waals surface area contributed by atoms with Crippen molar-refractivity contribution in [1.82, 2.24) is 9.55 Å². The molecular formula is C9H13F2N3. The van der Waals surface area contributed by atoms with Crippen LogP contribution in [-0.4, -0.2) is 22.0 Å². The maximum Gasteiger partial charge on any atom is 0.250 e. The molecule has 2 rings (SSSR count). The topological polar surface area (TPSA) is 43.8 Å². The van der Waals surface area contributed by atoms with E-state index in [0.29, 0.717) is 0 Å². The number of aryl methyl sites for hydroxylation is 1. The number of rotatable bonds is 2. The van der Waals surface area contributed by atoms with Gasteiger partial charge in [0.25, 0.3) is 0 Å². The van der Waals surface area contributed by atoms with Crippen molar-refractivity contribution < 1.29 is 8.78 Å². The second-order valence-electron chi connectivity index (χ2n) is 4.08. The highest BCUT2D eigenvalue weighted by Gasteiger charge is 2.57. The number of hydrogen-bond donors (Lipinski definition) is 1. The average Bonchev–Trinajstić information content (AvgIpc) is 2.46. The number of nitrogens with two attached hydrogens (primary N) is 1. The van der Waals surface area contributed by atoms with Crippen molar-refractivity contribution >= 4 is 0 Å². The van der Waals surface area contributed by atoms with Gasteiger partial charge in [0.15, 0.2) is 0 Å². The van der Waals surface area contributed by atoms with Crippen LogP contribution in [0.15, 0.2) is 12.5 Å². The van der Waals surface area contributed by atoms with Crippen molar-refractivity contribution in [3.05, 3.63) is 18.2 Å². The molecule has 0 spiro atoms. The van der Waals surface area contributed by atoms with Crippen LogP contribution in [0.3, 0.4) is 0 Å². The highest BCUT2D eigenvalue weighted by atomic mass is 19.3. The molecule has 0 aromatic carbocycles. The number of imidazole rings is 1. The van der Waals surface area contributed by atoms with Gasteiger partial charge in [-0.3, -0.25) is 0 Å². The first kappa shape index (κ1) is 9.58. The lowest BCUT2D eigenvalue weighted by molar-refractivity contribution is -0.125. The van der Waals surface area contributed by atoms with Crippen LogP contribution in [0.4, 0.5) is 8.78 Å². The van der Waals surface area contributed by atoms with Gasteiger partial charge in [-0.2, -0.15) is 0 Å². The molecule has 1 fully saturated rings. The normalized spacial score (nSPS) is 23.1. The Kier molecular flexibility index (Phi) is 1.89. The minimum absolute atomic E-state index is 0.157. The third-order valence-electron chi connectivity index (χ3n) is 2.94. The molecule has 1 aliphatic rings. The quantitative estimate of drug-likeness (QED) is 0.777. The molecule has 1 aromatic heterocycles. The van der Waals surface area contributed by atoms with E-state index in [4.69, 9.17) is 5.73 Å². The van der Waals surface area contributed by atoms with Crippen LogP contribution >= 0.6 is 0 Å². The first-order valence-electron chi connectivity index (χ1n) is 4.54. The summed E-state index contributed by atoms with van der Waals surface area (Å²) in [5, 5.41) is 0. The minimum Gasteiger partial charge on any atom is -0.337 e. The van der Waals surface area contributed by atoms with Crippen molar-refractivity contribution in [3.8, 4) is 0 Å². The van der Waals surface area contributed by atoms with E-state index in [2.05, 4.69) is 4.98 Å². The van der Waals surface area contributed by atoms with Crippen LogP contribution in [0.2, 0.25) is 0 Å². The highest BCUT2D eigenvalue weighted by Crippen LogP contribution is 2.52. The summed E-state index contributed by atoms with van der Waals surface area (Å²) in [6.07, 6.45) is 2.93. The molecule has 1 heterocycles. The summed E-state index contributed by atoms with van der Waals surface area (Å²) in [5.74, 6) is -2.55. The Morgan fingerprint density at radius 2 is 2.21 bits per heavy atom. The van der Waals surface area contributed by atoms with E-state index in [1.165, 1.54) is 0 Å². The van der Waals surface area contributed by atoms with Gasteiger partial charge in [-0.25, -0.2) is 13.8 Å². The van der Waals surface area contributed by atoms with Gasteiger partial charge in [0, 0.05) is 43.7 Å². The summed E-state index contributed by atoms with van der Waals surface area (Å²) >= 11 is 0. The van der Waals surface area contributed by atoms with Gasteiger partial charge in [-0.1, -0.05) is 0 Å². The zero-order chi connectivity index (χ0) is 10.4. The molecule has 1 saturated carbocycles. The zero-order valence-electron chi connectivity index (χ0n) is 8.00. The third-order valence-corrected chi connectivity index (χ3v) is 2.94. The van der Waals surface area contributed by atoms with Gasteiger partial charge in [0.1, 0.15) is 0 Å². The van der Waals surface area contributed by atoms with Crippen molar-refractivity contribution in [2.75, 3.05) is 6.54 Å². The predicted molar refractivity (Wildman–Crippen MR) is 48.1 cm³/mol. The fourth-order valence-electron chi connectivity index (χ4n) is 2.24.